The van der Waals surface area contributed by atoms with Gasteiger partial charge < -0.3 is 5.32 Å². The fourth-order valence-electron chi connectivity index (χ4n) is 2.01. The Morgan fingerprint density at radius 2 is 2.00 bits per heavy atom. The van der Waals surface area contributed by atoms with Crippen molar-refractivity contribution in [3.63, 3.8) is 0 Å². The van der Waals surface area contributed by atoms with Crippen molar-refractivity contribution in [2.75, 3.05) is 5.32 Å². The third-order valence-corrected chi connectivity index (χ3v) is 3.20. The van der Waals surface area contributed by atoms with Crippen LogP contribution in [0.25, 0.3) is 10.9 Å². The van der Waals surface area contributed by atoms with Crippen molar-refractivity contribution < 1.29 is 13.6 Å². The molecule has 2 aromatic carbocycles. The van der Waals surface area contributed by atoms with Gasteiger partial charge in [0.15, 0.2) is 0 Å². The number of anilines is 1. The van der Waals surface area contributed by atoms with Gasteiger partial charge in [-0.3, -0.25) is 9.89 Å². The lowest BCUT2D eigenvalue weighted by Gasteiger charge is -2.08. The first kappa shape index (κ1) is 13.2. The van der Waals surface area contributed by atoms with Gasteiger partial charge in [0, 0.05) is 17.0 Å². The SMILES string of the molecule is Cc1cc(F)c(NC(=O)c2ccc3cn[nH]c3c2)cc1F. The molecule has 2 N–H and O–H groups in total. The second-order valence-electron chi connectivity index (χ2n) is 4.71. The van der Waals surface area contributed by atoms with Gasteiger partial charge in [0.25, 0.3) is 5.91 Å². The maximum absolute atomic E-state index is 13.7. The number of rotatable bonds is 2. The van der Waals surface area contributed by atoms with E-state index in [0.717, 1.165) is 17.5 Å². The van der Waals surface area contributed by atoms with Crippen molar-refractivity contribution in [2.24, 2.45) is 0 Å². The Balaban J connectivity index is 1.90. The van der Waals surface area contributed by atoms with Gasteiger partial charge in [-0.25, -0.2) is 8.78 Å². The summed E-state index contributed by atoms with van der Waals surface area (Å²) in [6.07, 6.45) is 1.63. The van der Waals surface area contributed by atoms with Crippen LogP contribution in [0.1, 0.15) is 15.9 Å². The first-order valence-corrected chi connectivity index (χ1v) is 6.25. The highest BCUT2D eigenvalue weighted by molar-refractivity contribution is 6.06. The molecule has 0 unspecified atom stereocenters. The smallest absolute Gasteiger partial charge is 0.255 e. The third-order valence-electron chi connectivity index (χ3n) is 3.20. The fourth-order valence-corrected chi connectivity index (χ4v) is 2.01. The Bertz CT molecular complexity index is 842. The largest absolute Gasteiger partial charge is 0.319 e. The molecule has 0 aliphatic rings. The maximum atomic E-state index is 13.7. The van der Waals surface area contributed by atoms with Crippen molar-refractivity contribution in [3.8, 4) is 0 Å². The average Bonchev–Trinajstić information content (AvgIpc) is 2.92. The number of fused-ring (bicyclic) bond motifs is 1. The fraction of sp³-hybridized carbons (Fsp3) is 0.0667. The molecule has 0 fully saturated rings. The lowest BCUT2D eigenvalue weighted by Crippen LogP contribution is -2.13. The zero-order chi connectivity index (χ0) is 15.0. The van der Waals surface area contributed by atoms with Gasteiger partial charge in [-0.2, -0.15) is 5.10 Å². The first-order valence-electron chi connectivity index (χ1n) is 6.25. The number of carbonyl (C=O) groups excluding carboxylic acids is 1. The van der Waals surface area contributed by atoms with Gasteiger partial charge in [-0.1, -0.05) is 6.07 Å². The van der Waals surface area contributed by atoms with Crippen LogP contribution in [-0.4, -0.2) is 16.1 Å². The summed E-state index contributed by atoms with van der Waals surface area (Å²) in [5.41, 5.74) is 1.02. The van der Waals surface area contributed by atoms with Crippen molar-refractivity contribution in [3.05, 3.63) is 59.3 Å². The van der Waals surface area contributed by atoms with Crippen LogP contribution in [0.2, 0.25) is 0 Å². The number of amides is 1. The van der Waals surface area contributed by atoms with E-state index in [4.69, 9.17) is 0 Å². The Kier molecular flexibility index (Phi) is 3.13. The molecular weight excluding hydrogens is 276 g/mol. The van der Waals surface area contributed by atoms with E-state index in [1.54, 1.807) is 24.4 Å². The molecule has 0 atom stereocenters. The van der Waals surface area contributed by atoms with Crippen LogP contribution in [0.15, 0.2) is 36.5 Å². The predicted octanol–water partition coefficient (Wildman–Crippen LogP) is 3.40. The van der Waals surface area contributed by atoms with E-state index in [-0.39, 0.29) is 11.3 Å². The van der Waals surface area contributed by atoms with Gasteiger partial charge in [-0.15, -0.1) is 0 Å². The Labute approximate surface area is 118 Å². The van der Waals surface area contributed by atoms with Crippen LogP contribution in [0.3, 0.4) is 0 Å². The van der Waals surface area contributed by atoms with Crippen LogP contribution in [0.4, 0.5) is 14.5 Å². The number of H-pyrrole nitrogens is 1. The van der Waals surface area contributed by atoms with Crippen LogP contribution < -0.4 is 5.32 Å². The molecule has 6 heteroatoms. The highest BCUT2D eigenvalue weighted by Gasteiger charge is 2.12. The molecule has 3 rings (SSSR count). The van der Waals surface area contributed by atoms with E-state index in [1.807, 2.05) is 0 Å². The molecular formula is C15H11F2N3O. The van der Waals surface area contributed by atoms with Crippen LogP contribution in [-0.2, 0) is 0 Å². The standard InChI is InChI=1S/C15H11F2N3O/c1-8-4-12(17)14(6-11(8)16)19-15(21)9-2-3-10-7-18-20-13(10)5-9/h2-7H,1H3,(H,18,20)(H,19,21). The molecule has 0 radical (unpaired) electrons. The summed E-state index contributed by atoms with van der Waals surface area (Å²) in [5.74, 6) is -1.77. The molecule has 3 aromatic rings. The molecule has 0 aliphatic carbocycles. The minimum Gasteiger partial charge on any atom is -0.319 e. The van der Waals surface area contributed by atoms with Crippen molar-refractivity contribution in [1.29, 1.82) is 0 Å². The molecule has 106 valence electrons. The summed E-state index contributed by atoms with van der Waals surface area (Å²) in [4.78, 5) is 12.1. The quantitative estimate of drug-likeness (QED) is 0.759. The minimum absolute atomic E-state index is 0.185. The summed E-state index contributed by atoms with van der Waals surface area (Å²) in [6, 6.07) is 6.93. The summed E-state index contributed by atoms with van der Waals surface area (Å²) in [5, 5.41) is 9.82. The molecule has 0 saturated heterocycles. The van der Waals surface area contributed by atoms with Gasteiger partial charge >= 0.3 is 0 Å². The van der Waals surface area contributed by atoms with E-state index < -0.39 is 17.5 Å². The van der Waals surface area contributed by atoms with Gasteiger partial charge in [0.1, 0.15) is 11.6 Å². The number of hydrogen-bond acceptors (Lipinski definition) is 2. The number of aromatic amines is 1. The lowest BCUT2D eigenvalue weighted by molar-refractivity contribution is 0.102. The van der Waals surface area contributed by atoms with Crippen LogP contribution >= 0.6 is 0 Å². The highest BCUT2D eigenvalue weighted by atomic mass is 19.1. The minimum atomic E-state index is -0.676. The normalized spacial score (nSPS) is 10.8. The number of nitrogens with zero attached hydrogens (tertiary/aromatic N) is 1. The number of benzene rings is 2. The number of aryl methyl sites for hydroxylation is 1. The second kappa shape index (κ2) is 4.97. The molecule has 0 aliphatic heterocycles. The van der Waals surface area contributed by atoms with E-state index in [0.29, 0.717) is 11.1 Å². The van der Waals surface area contributed by atoms with E-state index >= 15 is 0 Å². The monoisotopic (exact) mass is 287 g/mol. The third kappa shape index (κ3) is 2.47. The van der Waals surface area contributed by atoms with E-state index in [1.165, 1.54) is 6.92 Å². The molecule has 4 nitrogen and oxygen atoms in total. The lowest BCUT2D eigenvalue weighted by atomic mass is 10.1. The molecule has 0 spiro atoms. The van der Waals surface area contributed by atoms with E-state index in [2.05, 4.69) is 15.5 Å². The average molecular weight is 287 g/mol. The number of carbonyl (C=O) groups is 1. The number of nitrogens with one attached hydrogen (secondary N) is 2. The van der Waals surface area contributed by atoms with Crippen molar-refractivity contribution in [1.82, 2.24) is 10.2 Å². The maximum Gasteiger partial charge on any atom is 0.255 e. The Hall–Kier alpha value is -2.76. The molecule has 1 amide bonds. The Morgan fingerprint density at radius 3 is 2.81 bits per heavy atom. The zero-order valence-corrected chi connectivity index (χ0v) is 11.1. The van der Waals surface area contributed by atoms with E-state index in [9.17, 15) is 13.6 Å². The van der Waals surface area contributed by atoms with Crippen LogP contribution in [0.5, 0.6) is 0 Å². The zero-order valence-electron chi connectivity index (χ0n) is 11.1. The topological polar surface area (TPSA) is 57.8 Å². The molecule has 1 heterocycles. The molecule has 0 bridgehead atoms. The first-order chi connectivity index (χ1) is 10.0. The summed E-state index contributed by atoms with van der Waals surface area (Å²) < 4.78 is 27.2. The summed E-state index contributed by atoms with van der Waals surface area (Å²) in [7, 11) is 0. The van der Waals surface area contributed by atoms with Crippen molar-refractivity contribution >= 4 is 22.5 Å². The molecule has 1 aromatic heterocycles. The van der Waals surface area contributed by atoms with Gasteiger partial charge in [-0.05, 0) is 30.7 Å². The highest BCUT2D eigenvalue weighted by Crippen LogP contribution is 2.20. The van der Waals surface area contributed by atoms with Gasteiger partial charge in [0.2, 0.25) is 0 Å². The van der Waals surface area contributed by atoms with Crippen molar-refractivity contribution in [2.45, 2.75) is 6.92 Å². The number of aromatic nitrogens is 2. The summed E-state index contributed by atoms with van der Waals surface area (Å²) >= 11 is 0. The summed E-state index contributed by atoms with van der Waals surface area (Å²) in [6.45, 7) is 1.45. The second-order valence-corrected chi connectivity index (χ2v) is 4.71. The molecule has 21 heavy (non-hydrogen) atoms. The van der Waals surface area contributed by atoms with Crippen LogP contribution in [0, 0.1) is 18.6 Å². The van der Waals surface area contributed by atoms with Gasteiger partial charge in [0.05, 0.1) is 17.4 Å². The predicted molar refractivity (Wildman–Crippen MR) is 75.1 cm³/mol. The Morgan fingerprint density at radius 1 is 1.19 bits per heavy atom. The number of hydrogen-bond donors (Lipinski definition) is 2. The number of halogens is 2. The molecule has 0 saturated carbocycles.